The largest absolute Gasteiger partial charge is 0.363 e. The van der Waals surface area contributed by atoms with Crippen molar-refractivity contribution in [1.82, 2.24) is 5.32 Å². The van der Waals surface area contributed by atoms with Crippen LogP contribution in [0.3, 0.4) is 0 Å². The van der Waals surface area contributed by atoms with Crippen LogP contribution < -0.4 is 11.1 Å². The van der Waals surface area contributed by atoms with Gasteiger partial charge in [-0.15, -0.1) is 0 Å². The van der Waals surface area contributed by atoms with Crippen molar-refractivity contribution in [2.75, 3.05) is 0 Å². The summed E-state index contributed by atoms with van der Waals surface area (Å²) in [6, 6.07) is -0.644. The molecule has 0 spiro atoms. The third kappa shape index (κ3) is 3.48. The molecule has 0 aromatic rings. The summed E-state index contributed by atoms with van der Waals surface area (Å²) < 4.78 is 0. The van der Waals surface area contributed by atoms with Crippen LogP contribution in [0.1, 0.15) is 20.8 Å². The molecule has 0 aromatic heterocycles. The van der Waals surface area contributed by atoms with Crippen LogP contribution in [-0.2, 0) is 4.79 Å². The lowest BCUT2D eigenvalue weighted by Crippen LogP contribution is -2.47. The Balaban J connectivity index is 3.95. The Labute approximate surface area is 73.0 Å². The molecule has 0 bridgehead atoms. The summed E-state index contributed by atoms with van der Waals surface area (Å²) >= 11 is 0. The van der Waals surface area contributed by atoms with E-state index in [-0.39, 0.29) is 23.8 Å². The monoisotopic (exact) mass is 171 g/mol. The normalized spacial score (nSPS) is 15.4. The molecule has 0 saturated heterocycles. The van der Waals surface area contributed by atoms with E-state index in [4.69, 9.17) is 11.1 Å². The minimum atomic E-state index is -0.331. The van der Waals surface area contributed by atoms with Gasteiger partial charge in [0.2, 0.25) is 0 Å². The van der Waals surface area contributed by atoms with Crippen molar-refractivity contribution in [1.29, 1.82) is 5.41 Å². The van der Waals surface area contributed by atoms with E-state index in [0.717, 1.165) is 6.29 Å². The second kappa shape index (κ2) is 4.87. The van der Waals surface area contributed by atoms with Crippen molar-refractivity contribution < 1.29 is 4.79 Å². The first kappa shape index (κ1) is 11.1. The van der Waals surface area contributed by atoms with E-state index in [1.807, 2.05) is 13.8 Å². The number of amidine groups is 1. The number of carbonyl (C=O) groups excluding carboxylic acids is 1. The van der Waals surface area contributed by atoms with Gasteiger partial charge in [-0.25, -0.2) is 0 Å². The molecule has 0 amide bonds. The molecule has 2 unspecified atom stereocenters. The molecular weight excluding hydrogens is 154 g/mol. The summed E-state index contributed by atoms with van der Waals surface area (Å²) in [6.45, 7) is 5.56. The van der Waals surface area contributed by atoms with Gasteiger partial charge in [0.25, 0.3) is 0 Å². The number of nitrogens with one attached hydrogen (secondary N) is 2. The van der Waals surface area contributed by atoms with E-state index < -0.39 is 0 Å². The number of hydrogen-bond acceptors (Lipinski definition) is 3. The van der Waals surface area contributed by atoms with Crippen molar-refractivity contribution in [3.63, 3.8) is 0 Å². The molecule has 0 heterocycles. The van der Waals surface area contributed by atoms with Crippen molar-refractivity contribution in [2.24, 2.45) is 11.7 Å². The summed E-state index contributed by atoms with van der Waals surface area (Å²) in [6.07, 6.45) is 0.752. The number of carbonyl (C=O) groups is 1. The highest BCUT2D eigenvalue weighted by molar-refractivity contribution is 5.86. The van der Waals surface area contributed by atoms with Gasteiger partial charge in [0.15, 0.2) is 0 Å². The van der Waals surface area contributed by atoms with Crippen molar-refractivity contribution >= 4 is 12.1 Å². The summed E-state index contributed by atoms with van der Waals surface area (Å²) in [5.41, 5.74) is 5.66. The lowest BCUT2D eigenvalue weighted by molar-refractivity contribution is -0.108. The van der Waals surface area contributed by atoms with Crippen LogP contribution in [0.4, 0.5) is 0 Å². The van der Waals surface area contributed by atoms with Gasteiger partial charge in [0.05, 0.1) is 12.1 Å². The van der Waals surface area contributed by atoms with Gasteiger partial charge in [0.1, 0.15) is 12.1 Å². The van der Waals surface area contributed by atoms with Crippen molar-refractivity contribution in [3.8, 4) is 0 Å². The highest BCUT2D eigenvalue weighted by Crippen LogP contribution is 1.98. The van der Waals surface area contributed by atoms with Gasteiger partial charge in [-0.3, -0.25) is 5.41 Å². The Morgan fingerprint density at radius 2 is 2.00 bits per heavy atom. The number of hydrogen-bond donors (Lipinski definition) is 3. The zero-order valence-electron chi connectivity index (χ0n) is 7.79. The molecule has 0 radical (unpaired) electrons. The third-order valence-electron chi connectivity index (χ3n) is 1.64. The molecule has 0 saturated carbocycles. The van der Waals surface area contributed by atoms with Crippen LogP contribution in [0.25, 0.3) is 0 Å². The van der Waals surface area contributed by atoms with E-state index in [9.17, 15) is 4.79 Å². The third-order valence-corrected chi connectivity index (χ3v) is 1.64. The van der Waals surface area contributed by atoms with Crippen molar-refractivity contribution in [3.05, 3.63) is 0 Å². The maximum atomic E-state index is 10.2. The Hall–Kier alpha value is -0.900. The van der Waals surface area contributed by atoms with Gasteiger partial charge in [-0.2, -0.15) is 0 Å². The average molecular weight is 171 g/mol. The molecule has 4 N–H and O–H groups in total. The molecule has 4 heteroatoms. The van der Waals surface area contributed by atoms with Crippen LogP contribution in [-0.4, -0.2) is 24.2 Å². The standard InChI is InChI=1S/C8H17N3O/c1-5(2)7(9)8(10)11-6(3)4-12/h4-7H,9H2,1-3H3,(H2,10,11). The highest BCUT2D eigenvalue weighted by Gasteiger charge is 2.14. The predicted octanol–water partition coefficient (Wildman–Crippen LogP) is 0.124. The second-order valence-corrected chi connectivity index (χ2v) is 3.25. The molecule has 4 nitrogen and oxygen atoms in total. The first-order chi connectivity index (χ1) is 5.49. The van der Waals surface area contributed by atoms with E-state index in [0.29, 0.717) is 0 Å². The average Bonchev–Trinajstić information content (AvgIpc) is 2.02. The van der Waals surface area contributed by atoms with E-state index in [1.54, 1.807) is 6.92 Å². The van der Waals surface area contributed by atoms with Crippen LogP contribution in [0.5, 0.6) is 0 Å². The first-order valence-electron chi connectivity index (χ1n) is 4.05. The van der Waals surface area contributed by atoms with Crippen molar-refractivity contribution in [2.45, 2.75) is 32.9 Å². The SMILES string of the molecule is CC(C=O)NC(=N)C(N)C(C)C. The van der Waals surface area contributed by atoms with E-state index in [2.05, 4.69) is 5.32 Å². The molecule has 2 atom stereocenters. The zero-order valence-corrected chi connectivity index (χ0v) is 7.79. The van der Waals surface area contributed by atoms with Gasteiger partial charge in [0, 0.05) is 0 Å². The minimum absolute atomic E-state index is 0.212. The highest BCUT2D eigenvalue weighted by atomic mass is 16.1. The summed E-state index contributed by atoms with van der Waals surface area (Å²) in [5.74, 6) is 0.438. The quantitative estimate of drug-likeness (QED) is 0.319. The first-order valence-corrected chi connectivity index (χ1v) is 4.05. The van der Waals surface area contributed by atoms with Crippen LogP contribution in [0.2, 0.25) is 0 Å². The summed E-state index contributed by atoms with van der Waals surface area (Å²) in [7, 11) is 0. The second-order valence-electron chi connectivity index (χ2n) is 3.25. The number of nitrogens with two attached hydrogens (primary N) is 1. The van der Waals surface area contributed by atoms with Gasteiger partial charge < -0.3 is 15.8 Å². The Morgan fingerprint density at radius 1 is 1.50 bits per heavy atom. The van der Waals surface area contributed by atoms with Crippen LogP contribution in [0, 0.1) is 11.3 Å². The molecule has 12 heavy (non-hydrogen) atoms. The molecule has 0 aliphatic rings. The van der Waals surface area contributed by atoms with Crippen LogP contribution in [0.15, 0.2) is 0 Å². The van der Waals surface area contributed by atoms with Gasteiger partial charge >= 0.3 is 0 Å². The fraction of sp³-hybridized carbons (Fsp3) is 0.750. The molecule has 0 rings (SSSR count). The smallest absolute Gasteiger partial charge is 0.141 e. The fourth-order valence-electron chi connectivity index (χ4n) is 0.709. The molecule has 0 aliphatic carbocycles. The maximum absolute atomic E-state index is 10.2. The Morgan fingerprint density at radius 3 is 2.33 bits per heavy atom. The molecule has 0 fully saturated rings. The zero-order chi connectivity index (χ0) is 9.72. The molecule has 0 aromatic carbocycles. The van der Waals surface area contributed by atoms with Gasteiger partial charge in [-0.05, 0) is 12.8 Å². The van der Waals surface area contributed by atoms with Gasteiger partial charge in [-0.1, -0.05) is 13.8 Å². The molecule has 70 valence electrons. The summed E-state index contributed by atoms with van der Waals surface area (Å²) in [5, 5.41) is 10.2. The van der Waals surface area contributed by atoms with Crippen LogP contribution >= 0.6 is 0 Å². The van der Waals surface area contributed by atoms with E-state index in [1.165, 1.54) is 0 Å². The number of rotatable bonds is 4. The Bertz CT molecular complexity index is 168. The molecular formula is C8H17N3O. The van der Waals surface area contributed by atoms with E-state index >= 15 is 0 Å². The maximum Gasteiger partial charge on any atom is 0.141 e. The Kier molecular flexibility index (Phi) is 4.51. The topological polar surface area (TPSA) is 79.0 Å². The lowest BCUT2D eigenvalue weighted by Gasteiger charge is -2.19. The minimum Gasteiger partial charge on any atom is -0.363 e. The molecule has 0 aliphatic heterocycles. The predicted molar refractivity (Wildman–Crippen MR) is 49.2 cm³/mol. The number of aldehydes is 1. The fourth-order valence-corrected chi connectivity index (χ4v) is 0.709. The lowest BCUT2D eigenvalue weighted by atomic mass is 10.0. The summed E-state index contributed by atoms with van der Waals surface area (Å²) in [4.78, 5) is 10.2.